The average Bonchev–Trinajstić information content (AvgIpc) is 2.31. The summed E-state index contributed by atoms with van der Waals surface area (Å²) < 4.78 is 0. The molecule has 2 aromatic carbocycles. The van der Waals surface area contributed by atoms with Crippen molar-refractivity contribution in [3.8, 4) is 0 Å². The van der Waals surface area contributed by atoms with Crippen LogP contribution in [0.15, 0.2) is 36.4 Å². The molecule has 0 bridgehead atoms. The number of anilines is 1. The lowest BCUT2D eigenvalue weighted by atomic mass is 10.1. The van der Waals surface area contributed by atoms with Gasteiger partial charge in [-0.25, -0.2) is 0 Å². The van der Waals surface area contributed by atoms with Gasteiger partial charge in [0.05, 0.1) is 16.1 Å². The topological polar surface area (TPSA) is 12.0 Å². The van der Waals surface area contributed by atoms with Crippen molar-refractivity contribution in [2.24, 2.45) is 0 Å². The molecule has 0 aliphatic heterocycles. The summed E-state index contributed by atoms with van der Waals surface area (Å²) in [6.45, 7) is 1.99. The first-order valence-corrected chi connectivity index (χ1v) is 7.15. The van der Waals surface area contributed by atoms with Gasteiger partial charge in [-0.1, -0.05) is 58.5 Å². The maximum atomic E-state index is 6.19. The van der Waals surface area contributed by atoms with E-state index < -0.39 is 0 Å². The zero-order valence-electron chi connectivity index (χ0n) is 10.1. The number of rotatable bonds is 3. The fraction of sp³-hybridized carbons (Fsp3) is 0.143. The van der Waals surface area contributed by atoms with Crippen LogP contribution in [-0.4, -0.2) is 0 Å². The Hall–Kier alpha value is -0.600. The molecule has 5 heteroatoms. The molecule has 19 heavy (non-hydrogen) atoms. The zero-order valence-corrected chi connectivity index (χ0v) is 13.1. The average molecular weight is 335 g/mol. The largest absolute Gasteiger partial charge is 0.378 e. The molecule has 0 radical (unpaired) electrons. The second-order valence-corrected chi connectivity index (χ2v) is 5.83. The van der Waals surface area contributed by atoms with Gasteiger partial charge in [0.1, 0.15) is 0 Å². The van der Waals surface area contributed by atoms with Gasteiger partial charge in [-0.05, 0) is 36.8 Å². The van der Waals surface area contributed by atoms with E-state index in [0.29, 0.717) is 20.1 Å². The lowest BCUT2D eigenvalue weighted by Crippen LogP contribution is -2.07. The SMILES string of the molecule is CC(Nc1cc(Cl)cc(Cl)c1)c1cccc(Cl)c1Cl. The summed E-state index contributed by atoms with van der Waals surface area (Å²) in [4.78, 5) is 0. The first-order valence-electron chi connectivity index (χ1n) is 5.64. The highest BCUT2D eigenvalue weighted by molar-refractivity contribution is 6.42. The van der Waals surface area contributed by atoms with Gasteiger partial charge in [-0.3, -0.25) is 0 Å². The molecule has 1 unspecified atom stereocenters. The van der Waals surface area contributed by atoms with E-state index in [1.54, 1.807) is 12.1 Å². The fourth-order valence-corrected chi connectivity index (χ4v) is 2.82. The molecule has 0 heterocycles. The zero-order chi connectivity index (χ0) is 14.0. The monoisotopic (exact) mass is 333 g/mol. The molecule has 0 aromatic heterocycles. The Morgan fingerprint density at radius 2 is 1.58 bits per heavy atom. The predicted octanol–water partition coefficient (Wildman–Crippen LogP) is 6.47. The van der Waals surface area contributed by atoms with Crippen LogP contribution in [0.1, 0.15) is 18.5 Å². The van der Waals surface area contributed by atoms with Crippen LogP contribution in [0.2, 0.25) is 20.1 Å². The van der Waals surface area contributed by atoms with E-state index >= 15 is 0 Å². The van der Waals surface area contributed by atoms with Crippen LogP contribution in [0.25, 0.3) is 0 Å². The predicted molar refractivity (Wildman–Crippen MR) is 85.0 cm³/mol. The third-order valence-electron chi connectivity index (χ3n) is 2.69. The molecule has 0 fully saturated rings. The maximum Gasteiger partial charge on any atom is 0.0644 e. The molecule has 0 amide bonds. The smallest absolute Gasteiger partial charge is 0.0644 e. The fourth-order valence-electron chi connectivity index (χ4n) is 1.82. The van der Waals surface area contributed by atoms with Crippen LogP contribution in [0.4, 0.5) is 5.69 Å². The van der Waals surface area contributed by atoms with Gasteiger partial charge in [0, 0.05) is 15.7 Å². The van der Waals surface area contributed by atoms with Gasteiger partial charge >= 0.3 is 0 Å². The van der Waals surface area contributed by atoms with Crippen LogP contribution in [0.3, 0.4) is 0 Å². The summed E-state index contributed by atoms with van der Waals surface area (Å²) >= 11 is 24.1. The molecule has 1 nitrogen and oxygen atoms in total. The summed E-state index contributed by atoms with van der Waals surface area (Å²) in [5.74, 6) is 0. The third kappa shape index (κ3) is 3.70. The lowest BCUT2D eigenvalue weighted by Gasteiger charge is -2.18. The Bertz CT molecular complexity index is 578. The molecule has 0 saturated heterocycles. The van der Waals surface area contributed by atoms with Gasteiger partial charge in [0.15, 0.2) is 0 Å². The van der Waals surface area contributed by atoms with Crippen molar-refractivity contribution in [1.29, 1.82) is 0 Å². The number of halogens is 4. The lowest BCUT2D eigenvalue weighted by molar-refractivity contribution is 0.885. The van der Waals surface area contributed by atoms with Gasteiger partial charge in [-0.2, -0.15) is 0 Å². The molecule has 0 saturated carbocycles. The van der Waals surface area contributed by atoms with Crippen LogP contribution < -0.4 is 5.32 Å². The Kier molecular flexibility index (Phi) is 4.86. The summed E-state index contributed by atoms with van der Waals surface area (Å²) in [6, 6.07) is 10.8. The number of benzene rings is 2. The summed E-state index contributed by atoms with van der Waals surface area (Å²) in [7, 11) is 0. The van der Waals surface area contributed by atoms with Crippen LogP contribution in [0.5, 0.6) is 0 Å². The van der Waals surface area contributed by atoms with E-state index in [1.165, 1.54) is 0 Å². The Morgan fingerprint density at radius 1 is 0.947 bits per heavy atom. The number of hydrogen-bond donors (Lipinski definition) is 1. The quantitative estimate of drug-likeness (QED) is 0.677. The van der Waals surface area contributed by atoms with Crippen molar-refractivity contribution >= 4 is 52.1 Å². The van der Waals surface area contributed by atoms with Crippen molar-refractivity contribution in [3.05, 3.63) is 62.1 Å². The maximum absolute atomic E-state index is 6.19. The molecule has 100 valence electrons. The van der Waals surface area contributed by atoms with E-state index in [0.717, 1.165) is 11.3 Å². The standard InChI is InChI=1S/C14H11Cl4N/c1-8(12-3-2-4-13(17)14(12)18)19-11-6-9(15)5-10(16)7-11/h2-8,19H,1H3. The highest BCUT2D eigenvalue weighted by Gasteiger charge is 2.12. The van der Waals surface area contributed by atoms with Crippen molar-refractivity contribution < 1.29 is 0 Å². The molecule has 0 aliphatic carbocycles. The van der Waals surface area contributed by atoms with Crippen molar-refractivity contribution in [2.75, 3.05) is 5.32 Å². The highest BCUT2D eigenvalue weighted by atomic mass is 35.5. The van der Waals surface area contributed by atoms with E-state index in [9.17, 15) is 0 Å². The third-order valence-corrected chi connectivity index (χ3v) is 3.96. The van der Waals surface area contributed by atoms with Gasteiger partial charge in [0.25, 0.3) is 0 Å². The van der Waals surface area contributed by atoms with Gasteiger partial charge in [0.2, 0.25) is 0 Å². The highest BCUT2D eigenvalue weighted by Crippen LogP contribution is 2.32. The van der Waals surface area contributed by atoms with Crippen LogP contribution in [-0.2, 0) is 0 Å². The molecule has 1 N–H and O–H groups in total. The minimum absolute atomic E-state index is 0.0132. The van der Waals surface area contributed by atoms with E-state index in [1.807, 2.05) is 31.2 Å². The second-order valence-electron chi connectivity index (χ2n) is 4.17. The molecule has 0 spiro atoms. The molecule has 1 atom stereocenters. The van der Waals surface area contributed by atoms with Gasteiger partial charge < -0.3 is 5.32 Å². The first kappa shape index (κ1) is 14.8. The van der Waals surface area contributed by atoms with Crippen molar-refractivity contribution in [2.45, 2.75) is 13.0 Å². The van der Waals surface area contributed by atoms with Gasteiger partial charge in [-0.15, -0.1) is 0 Å². The first-order chi connectivity index (χ1) is 8.97. The number of nitrogens with one attached hydrogen (secondary N) is 1. The molecule has 0 aliphatic rings. The summed E-state index contributed by atoms with van der Waals surface area (Å²) in [6.07, 6.45) is 0. The molecular formula is C14H11Cl4N. The van der Waals surface area contributed by atoms with E-state index in [4.69, 9.17) is 46.4 Å². The summed E-state index contributed by atoms with van der Waals surface area (Å²) in [5, 5.41) is 5.55. The Labute approximate surface area is 132 Å². The Balaban J connectivity index is 2.25. The van der Waals surface area contributed by atoms with Crippen LogP contribution >= 0.6 is 46.4 Å². The van der Waals surface area contributed by atoms with E-state index in [-0.39, 0.29) is 6.04 Å². The number of hydrogen-bond acceptors (Lipinski definition) is 1. The molecule has 2 aromatic rings. The summed E-state index contributed by atoms with van der Waals surface area (Å²) in [5.41, 5.74) is 1.76. The minimum atomic E-state index is -0.0132. The molecular weight excluding hydrogens is 324 g/mol. The van der Waals surface area contributed by atoms with E-state index in [2.05, 4.69) is 5.32 Å². The Morgan fingerprint density at radius 3 is 2.21 bits per heavy atom. The molecule has 2 rings (SSSR count). The normalized spacial score (nSPS) is 12.3. The minimum Gasteiger partial charge on any atom is -0.378 e. The van der Waals surface area contributed by atoms with Crippen molar-refractivity contribution in [1.82, 2.24) is 0 Å². The van der Waals surface area contributed by atoms with Crippen molar-refractivity contribution in [3.63, 3.8) is 0 Å². The van der Waals surface area contributed by atoms with Crippen LogP contribution in [0, 0.1) is 0 Å². The second kappa shape index (κ2) is 6.23.